The van der Waals surface area contributed by atoms with Crippen molar-refractivity contribution >= 4 is 23.3 Å². The fourth-order valence-electron chi connectivity index (χ4n) is 2.57. The quantitative estimate of drug-likeness (QED) is 0.478. The second-order valence-electron chi connectivity index (χ2n) is 6.28. The van der Waals surface area contributed by atoms with Crippen molar-refractivity contribution < 1.29 is 14.4 Å². The minimum absolute atomic E-state index is 0.00876. The molecule has 132 valence electrons. The van der Waals surface area contributed by atoms with E-state index in [9.17, 15) is 14.4 Å². The number of aryl methyl sites for hydroxylation is 1. The lowest BCUT2D eigenvalue weighted by Gasteiger charge is -2.08. The lowest BCUT2D eigenvalue weighted by atomic mass is 10.1. The maximum Gasteiger partial charge on any atom is 0.224 e. The third-order valence-corrected chi connectivity index (χ3v) is 3.84. The van der Waals surface area contributed by atoms with Crippen LogP contribution in [0.5, 0.6) is 0 Å². The first kappa shape index (κ1) is 19.9. The number of carbonyl (C=O) groups excluding carboxylic acids is 3. The summed E-state index contributed by atoms with van der Waals surface area (Å²) in [6.45, 7) is 3.42. The van der Waals surface area contributed by atoms with Gasteiger partial charge in [-0.15, -0.1) is 0 Å². The Balaban J connectivity index is 2.23. The zero-order chi connectivity index (χ0) is 17.9. The lowest BCUT2D eigenvalue weighted by molar-refractivity contribution is -0.118. The van der Waals surface area contributed by atoms with Gasteiger partial charge < -0.3 is 11.1 Å². The fourth-order valence-corrected chi connectivity index (χ4v) is 2.57. The Kier molecular flexibility index (Phi) is 8.76. The van der Waals surface area contributed by atoms with Gasteiger partial charge in [-0.2, -0.15) is 0 Å². The van der Waals surface area contributed by atoms with E-state index in [1.807, 2.05) is 19.1 Å². The third kappa shape index (κ3) is 8.46. The van der Waals surface area contributed by atoms with Crippen molar-refractivity contribution in [2.75, 3.05) is 5.32 Å². The van der Waals surface area contributed by atoms with E-state index in [0.29, 0.717) is 24.1 Å². The number of Topliss-reactive ketones (excluding diaryl/α,β-unsaturated/α-hetero) is 1. The molecule has 0 aliphatic heterocycles. The van der Waals surface area contributed by atoms with Gasteiger partial charge in [-0.25, -0.2) is 0 Å². The van der Waals surface area contributed by atoms with Gasteiger partial charge in [0.05, 0.1) is 0 Å². The molecule has 24 heavy (non-hydrogen) atoms. The van der Waals surface area contributed by atoms with Gasteiger partial charge >= 0.3 is 0 Å². The van der Waals surface area contributed by atoms with E-state index in [4.69, 9.17) is 5.73 Å². The molecular weight excluding hydrogens is 304 g/mol. The van der Waals surface area contributed by atoms with E-state index in [0.717, 1.165) is 44.1 Å². The van der Waals surface area contributed by atoms with Crippen LogP contribution in [0.15, 0.2) is 18.2 Å². The number of hydrogen-bond donors (Lipinski definition) is 2. The molecule has 3 N–H and O–H groups in total. The monoisotopic (exact) mass is 332 g/mol. The van der Waals surface area contributed by atoms with Gasteiger partial charge in [0.15, 0.2) is 5.78 Å². The molecule has 0 aliphatic rings. The van der Waals surface area contributed by atoms with Gasteiger partial charge in [0.1, 0.15) is 0 Å². The van der Waals surface area contributed by atoms with Crippen LogP contribution in [-0.4, -0.2) is 17.6 Å². The molecule has 2 amide bonds. The lowest BCUT2D eigenvalue weighted by Crippen LogP contribution is -2.11. The number of anilines is 1. The van der Waals surface area contributed by atoms with Crippen molar-refractivity contribution in [3.05, 3.63) is 29.3 Å². The smallest absolute Gasteiger partial charge is 0.224 e. The van der Waals surface area contributed by atoms with E-state index < -0.39 is 0 Å². The zero-order valence-corrected chi connectivity index (χ0v) is 14.7. The molecule has 1 aromatic carbocycles. The highest BCUT2D eigenvalue weighted by Gasteiger charge is 2.06. The molecule has 0 aliphatic carbocycles. The summed E-state index contributed by atoms with van der Waals surface area (Å²) in [6, 6.07) is 5.39. The third-order valence-electron chi connectivity index (χ3n) is 3.84. The number of unbranched alkanes of at least 4 members (excludes halogenated alkanes) is 5. The van der Waals surface area contributed by atoms with Crippen LogP contribution in [0.1, 0.15) is 74.2 Å². The minimum Gasteiger partial charge on any atom is -0.370 e. The summed E-state index contributed by atoms with van der Waals surface area (Å²) in [5.41, 5.74) is 7.33. The van der Waals surface area contributed by atoms with E-state index in [2.05, 4.69) is 5.32 Å². The van der Waals surface area contributed by atoms with Gasteiger partial charge in [0.25, 0.3) is 0 Å². The Hall–Kier alpha value is -2.17. The molecule has 0 bridgehead atoms. The van der Waals surface area contributed by atoms with Gasteiger partial charge in [-0.05, 0) is 50.5 Å². The van der Waals surface area contributed by atoms with Crippen molar-refractivity contribution in [2.24, 2.45) is 5.73 Å². The maximum atomic E-state index is 12.0. The van der Waals surface area contributed by atoms with Crippen LogP contribution < -0.4 is 11.1 Å². The number of rotatable bonds is 11. The van der Waals surface area contributed by atoms with Gasteiger partial charge in [-0.1, -0.05) is 25.7 Å². The predicted octanol–water partition coefficient (Wildman–Crippen LogP) is 3.74. The number of ketones is 1. The molecule has 0 atom stereocenters. The van der Waals surface area contributed by atoms with E-state index >= 15 is 0 Å². The Morgan fingerprint density at radius 3 is 2.08 bits per heavy atom. The molecule has 0 aromatic heterocycles. The minimum atomic E-state index is -0.240. The van der Waals surface area contributed by atoms with Crippen molar-refractivity contribution in [3.63, 3.8) is 0 Å². The van der Waals surface area contributed by atoms with Crippen molar-refractivity contribution in [1.82, 2.24) is 0 Å². The Morgan fingerprint density at radius 1 is 0.917 bits per heavy atom. The summed E-state index contributed by atoms with van der Waals surface area (Å²) in [7, 11) is 0. The van der Waals surface area contributed by atoms with Crippen LogP contribution in [0.25, 0.3) is 0 Å². The zero-order valence-electron chi connectivity index (χ0n) is 14.7. The summed E-state index contributed by atoms with van der Waals surface area (Å²) < 4.78 is 0. The number of nitrogens with two attached hydrogens (primary N) is 1. The van der Waals surface area contributed by atoms with Gasteiger partial charge in [-0.3, -0.25) is 14.4 Å². The number of nitrogens with one attached hydrogen (secondary N) is 1. The molecule has 0 saturated carbocycles. The van der Waals surface area contributed by atoms with Crippen LogP contribution in [0, 0.1) is 6.92 Å². The highest BCUT2D eigenvalue weighted by atomic mass is 16.2. The number of primary amides is 1. The van der Waals surface area contributed by atoms with Crippen LogP contribution in [0.2, 0.25) is 0 Å². The van der Waals surface area contributed by atoms with Gasteiger partial charge in [0.2, 0.25) is 11.8 Å². The first-order valence-corrected chi connectivity index (χ1v) is 8.59. The average Bonchev–Trinajstić information content (AvgIpc) is 2.48. The Labute approximate surface area is 144 Å². The summed E-state index contributed by atoms with van der Waals surface area (Å²) in [5.74, 6) is -0.273. The number of carbonyl (C=O) groups is 3. The van der Waals surface area contributed by atoms with Crippen LogP contribution in [0.3, 0.4) is 0 Å². The van der Waals surface area contributed by atoms with Crippen molar-refractivity contribution in [1.29, 1.82) is 0 Å². The van der Waals surface area contributed by atoms with Crippen molar-refractivity contribution in [3.8, 4) is 0 Å². The highest BCUT2D eigenvalue weighted by Crippen LogP contribution is 2.16. The first-order chi connectivity index (χ1) is 11.4. The Morgan fingerprint density at radius 2 is 1.50 bits per heavy atom. The SMILES string of the molecule is CC(=O)c1cc(C)cc(NC(=O)CCCCCCCCC(N)=O)c1. The summed E-state index contributed by atoms with van der Waals surface area (Å²) in [4.78, 5) is 34.0. The fraction of sp³-hybridized carbons (Fsp3) is 0.526. The number of hydrogen-bond acceptors (Lipinski definition) is 3. The summed E-state index contributed by atoms with van der Waals surface area (Å²) in [5, 5.41) is 2.86. The maximum absolute atomic E-state index is 12.0. The van der Waals surface area contributed by atoms with E-state index in [-0.39, 0.29) is 17.6 Å². The molecule has 1 rings (SSSR count). The molecule has 0 spiro atoms. The molecule has 0 unspecified atom stereocenters. The molecule has 0 heterocycles. The number of amides is 2. The van der Waals surface area contributed by atoms with Crippen molar-refractivity contribution in [2.45, 2.75) is 65.2 Å². The first-order valence-electron chi connectivity index (χ1n) is 8.59. The molecule has 5 nitrogen and oxygen atoms in total. The number of benzene rings is 1. The molecular formula is C19H28N2O3. The normalized spacial score (nSPS) is 10.4. The second-order valence-corrected chi connectivity index (χ2v) is 6.28. The molecule has 0 fully saturated rings. The molecule has 0 saturated heterocycles. The molecule has 0 radical (unpaired) electrons. The molecule has 1 aromatic rings. The highest BCUT2D eigenvalue weighted by molar-refractivity contribution is 5.97. The van der Waals surface area contributed by atoms with Gasteiger partial charge in [0, 0.05) is 24.1 Å². The largest absolute Gasteiger partial charge is 0.370 e. The topological polar surface area (TPSA) is 89.3 Å². The molecule has 5 heteroatoms. The Bertz CT molecular complexity index is 582. The summed E-state index contributed by atoms with van der Waals surface area (Å²) >= 11 is 0. The van der Waals surface area contributed by atoms with Crippen LogP contribution >= 0.6 is 0 Å². The standard InChI is InChI=1S/C19H28N2O3/c1-14-11-16(15(2)22)13-17(12-14)21-19(24)10-8-6-4-3-5-7-9-18(20)23/h11-13H,3-10H2,1-2H3,(H2,20,23)(H,21,24). The van der Waals surface area contributed by atoms with Crippen LogP contribution in [-0.2, 0) is 9.59 Å². The summed E-state index contributed by atoms with van der Waals surface area (Å²) in [6.07, 6.45) is 6.75. The average molecular weight is 332 g/mol. The van der Waals surface area contributed by atoms with E-state index in [1.54, 1.807) is 6.07 Å². The van der Waals surface area contributed by atoms with E-state index in [1.165, 1.54) is 6.92 Å². The second kappa shape index (κ2) is 10.6. The van der Waals surface area contributed by atoms with Crippen LogP contribution in [0.4, 0.5) is 5.69 Å². The predicted molar refractivity (Wildman–Crippen MR) is 95.9 cm³/mol.